The number of hydrogen-bond donors (Lipinski definition) is 3. The number of aromatic hydroxyl groups is 2. The second-order valence-electron chi connectivity index (χ2n) is 7.26. The van der Waals surface area contributed by atoms with E-state index in [4.69, 9.17) is 4.42 Å². The lowest BCUT2D eigenvalue weighted by Gasteiger charge is -2.24. The molecular weight excluding hydrogens is 445 g/mol. The molecule has 1 saturated heterocycles. The lowest BCUT2D eigenvalue weighted by atomic mass is 9.89. The van der Waals surface area contributed by atoms with Crippen molar-refractivity contribution in [3.8, 4) is 22.8 Å². The van der Waals surface area contributed by atoms with Crippen LogP contribution < -0.4 is 5.43 Å². The fraction of sp³-hybridized carbons (Fsp3) is 0.286. The Labute approximate surface area is 173 Å². The van der Waals surface area contributed by atoms with E-state index in [1.807, 2.05) is 11.9 Å². The number of fused-ring (bicyclic) bond motifs is 1. The zero-order chi connectivity index (χ0) is 20.9. The molecule has 8 heteroatoms. The minimum atomic E-state index is -0.483. The molecule has 3 aromatic rings. The van der Waals surface area contributed by atoms with Crippen LogP contribution in [0.3, 0.4) is 0 Å². The molecule has 0 bridgehead atoms. The summed E-state index contributed by atoms with van der Waals surface area (Å²) in [4.78, 5) is 14.8. The maximum atomic E-state index is 13.5. The van der Waals surface area contributed by atoms with Crippen LogP contribution in [0.25, 0.3) is 22.3 Å². The number of halogens is 2. The lowest BCUT2D eigenvalue weighted by molar-refractivity contribution is 0.172. The summed E-state index contributed by atoms with van der Waals surface area (Å²) in [5.74, 6) is -1.14. The molecule has 0 radical (unpaired) electrons. The number of phenols is 2. The largest absolute Gasteiger partial charge is 0.507 e. The molecule has 6 nitrogen and oxygen atoms in total. The Morgan fingerprint density at radius 3 is 2.69 bits per heavy atom. The molecule has 0 spiro atoms. The highest BCUT2D eigenvalue weighted by Crippen LogP contribution is 2.44. The monoisotopic (exact) mass is 463 g/mol. The highest BCUT2D eigenvalue weighted by Gasteiger charge is 2.36. The van der Waals surface area contributed by atoms with Crippen LogP contribution in [0.1, 0.15) is 17.9 Å². The first-order valence-electron chi connectivity index (χ1n) is 9.11. The number of phenolic OH excluding ortho intramolecular Hbond substituents is 2. The molecule has 1 aliphatic heterocycles. The van der Waals surface area contributed by atoms with Crippen molar-refractivity contribution in [1.82, 2.24) is 4.90 Å². The van der Waals surface area contributed by atoms with E-state index >= 15 is 0 Å². The van der Waals surface area contributed by atoms with Gasteiger partial charge in [0.15, 0.2) is 5.43 Å². The number of likely N-dealkylation sites (N-methyl/N-ethyl adjacent to an activating group) is 1. The van der Waals surface area contributed by atoms with Gasteiger partial charge in [-0.2, -0.15) is 0 Å². The average Bonchev–Trinajstić information content (AvgIpc) is 3.01. The van der Waals surface area contributed by atoms with Gasteiger partial charge in [0.2, 0.25) is 0 Å². The first-order chi connectivity index (χ1) is 13.8. The van der Waals surface area contributed by atoms with Crippen molar-refractivity contribution < 1.29 is 24.1 Å². The molecule has 1 aromatic heterocycles. The van der Waals surface area contributed by atoms with Crippen LogP contribution >= 0.6 is 15.9 Å². The standard InChI is InChI=1S/C21H19BrFNO5/c1-24-5-4-12(14(24)9-25)19-15(26)7-16(27)20-17(28)8-18(29-21(19)20)11-3-2-10(23)6-13(11)22/h2-3,6-8,12,14,25-27H,4-5,9H2,1H3/t12-,14+/m0/s1. The van der Waals surface area contributed by atoms with Gasteiger partial charge in [0.1, 0.15) is 34.0 Å². The highest BCUT2D eigenvalue weighted by atomic mass is 79.9. The van der Waals surface area contributed by atoms with E-state index in [0.717, 1.165) is 6.07 Å². The molecule has 3 N–H and O–H groups in total. The summed E-state index contributed by atoms with van der Waals surface area (Å²) in [5.41, 5.74) is 0.419. The van der Waals surface area contributed by atoms with Gasteiger partial charge in [0.25, 0.3) is 0 Å². The van der Waals surface area contributed by atoms with Crippen LogP contribution in [0.15, 0.2) is 44.0 Å². The van der Waals surface area contributed by atoms with E-state index in [9.17, 15) is 24.5 Å². The molecule has 152 valence electrons. The third-order valence-corrected chi connectivity index (χ3v) is 6.23. The number of nitrogens with zero attached hydrogens (tertiary/aromatic N) is 1. The van der Waals surface area contributed by atoms with Gasteiger partial charge < -0.3 is 24.6 Å². The molecule has 0 saturated carbocycles. The fourth-order valence-electron chi connectivity index (χ4n) is 4.11. The molecule has 1 aliphatic rings. The predicted molar refractivity (Wildman–Crippen MR) is 110 cm³/mol. The summed E-state index contributed by atoms with van der Waals surface area (Å²) in [7, 11) is 1.87. The summed E-state index contributed by atoms with van der Waals surface area (Å²) < 4.78 is 19.9. The molecule has 0 amide bonds. The van der Waals surface area contributed by atoms with Crippen LogP contribution in [0.2, 0.25) is 0 Å². The van der Waals surface area contributed by atoms with Crippen LogP contribution in [0, 0.1) is 5.82 Å². The Morgan fingerprint density at radius 2 is 2.00 bits per heavy atom. The van der Waals surface area contributed by atoms with Gasteiger partial charge in [-0.05, 0) is 54.1 Å². The van der Waals surface area contributed by atoms with Crippen LogP contribution in [-0.2, 0) is 0 Å². The molecule has 4 rings (SSSR count). The number of rotatable bonds is 3. The van der Waals surface area contributed by atoms with Gasteiger partial charge >= 0.3 is 0 Å². The van der Waals surface area contributed by atoms with Crippen molar-refractivity contribution in [2.75, 3.05) is 20.2 Å². The van der Waals surface area contributed by atoms with Crippen LogP contribution in [-0.4, -0.2) is 46.5 Å². The molecule has 2 heterocycles. The van der Waals surface area contributed by atoms with Gasteiger partial charge in [-0.1, -0.05) is 0 Å². The second-order valence-corrected chi connectivity index (χ2v) is 8.11. The molecule has 1 fully saturated rings. The van der Waals surface area contributed by atoms with Crippen molar-refractivity contribution in [1.29, 1.82) is 0 Å². The summed E-state index contributed by atoms with van der Waals surface area (Å²) in [5, 5.41) is 30.7. The quantitative estimate of drug-likeness (QED) is 0.549. The van der Waals surface area contributed by atoms with E-state index < -0.39 is 11.2 Å². The van der Waals surface area contributed by atoms with Crippen molar-refractivity contribution in [3.05, 3.63) is 56.4 Å². The minimum absolute atomic E-state index is 0.0361. The predicted octanol–water partition coefficient (Wildman–Crippen LogP) is 3.55. The van der Waals surface area contributed by atoms with E-state index in [1.165, 1.54) is 24.3 Å². The van der Waals surface area contributed by atoms with E-state index in [2.05, 4.69) is 15.9 Å². The first-order valence-corrected chi connectivity index (χ1v) is 9.90. The second kappa shape index (κ2) is 7.44. The van der Waals surface area contributed by atoms with Gasteiger partial charge in [0, 0.05) is 39.7 Å². The smallest absolute Gasteiger partial charge is 0.197 e. The fourth-order valence-corrected chi connectivity index (χ4v) is 4.66. The van der Waals surface area contributed by atoms with Gasteiger partial charge in [-0.15, -0.1) is 0 Å². The molecular formula is C21H19BrFNO5. The molecule has 0 unspecified atom stereocenters. The van der Waals surface area contributed by atoms with Gasteiger partial charge in [-0.3, -0.25) is 4.79 Å². The average molecular weight is 464 g/mol. The van der Waals surface area contributed by atoms with E-state index in [1.54, 1.807) is 0 Å². The van der Waals surface area contributed by atoms with Crippen LogP contribution in [0.5, 0.6) is 11.5 Å². The third kappa shape index (κ3) is 3.31. The number of benzene rings is 2. The molecule has 29 heavy (non-hydrogen) atoms. The van der Waals surface area contributed by atoms with Crippen molar-refractivity contribution in [2.24, 2.45) is 0 Å². The van der Waals surface area contributed by atoms with E-state index in [0.29, 0.717) is 28.6 Å². The molecule has 0 aliphatic carbocycles. The van der Waals surface area contributed by atoms with Crippen molar-refractivity contribution in [2.45, 2.75) is 18.4 Å². The molecule has 2 aromatic carbocycles. The van der Waals surface area contributed by atoms with E-state index in [-0.39, 0.29) is 46.8 Å². The number of aliphatic hydroxyl groups excluding tert-OH is 1. The maximum Gasteiger partial charge on any atom is 0.197 e. The summed E-state index contributed by atoms with van der Waals surface area (Å²) in [6, 6.07) is 6.08. The van der Waals surface area contributed by atoms with Crippen molar-refractivity contribution >= 4 is 26.9 Å². The molecule has 2 atom stereocenters. The van der Waals surface area contributed by atoms with Gasteiger partial charge in [-0.25, -0.2) is 4.39 Å². The number of hydrogen-bond acceptors (Lipinski definition) is 6. The Bertz CT molecular complexity index is 1160. The first kappa shape index (κ1) is 19.9. The third-order valence-electron chi connectivity index (χ3n) is 5.58. The Kier molecular flexibility index (Phi) is 5.10. The summed E-state index contributed by atoms with van der Waals surface area (Å²) in [6.07, 6.45) is 0.642. The topological polar surface area (TPSA) is 94.1 Å². The number of aliphatic hydroxyl groups is 1. The minimum Gasteiger partial charge on any atom is -0.507 e. The van der Waals surface area contributed by atoms with Crippen LogP contribution in [0.4, 0.5) is 4.39 Å². The zero-order valence-corrected chi connectivity index (χ0v) is 17.1. The Balaban J connectivity index is 2.01. The Hall–Kier alpha value is -2.42. The Morgan fingerprint density at radius 1 is 1.24 bits per heavy atom. The van der Waals surface area contributed by atoms with Crippen molar-refractivity contribution in [3.63, 3.8) is 0 Å². The maximum absolute atomic E-state index is 13.5. The van der Waals surface area contributed by atoms with Gasteiger partial charge in [0.05, 0.1) is 6.61 Å². The lowest BCUT2D eigenvalue weighted by Crippen LogP contribution is -2.32. The highest BCUT2D eigenvalue weighted by molar-refractivity contribution is 9.10. The summed E-state index contributed by atoms with van der Waals surface area (Å²) in [6.45, 7) is 0.571. The zero-order valence-electron chi connectivity index (χ0n) is 15.5. The summed E-state index contributed by atoms with van der Waals surface area (Å²) >= 11 is 3.27. The normalized spacial score (nSPS) is 19.9. The SMILES string of the molecule is CN1CC[C@H](c2c(O)cc(O)c3c(=O)cc(-c4ccc(F)cc4Br)oc23)[C@H]1CO. The number of likely N-dealkylation sites (tertiary alicyclic amines) is 1.